The van der Waals surface area contributed by atoms with E-state index in [0.29, 0.717) is 11.6 Å². The van der Waals surface area contributed by atoms with Crippen molar-refractivity contribution in [3.05, 3.63) is 48.2 Å². The number of ether oxygens (including phenoxy) is 1. The zero-order chi connectivity index (χ0) is 10.7. The number of nitrogen functional groups attached to an aromatic ring is 1. The van der Waals surface area contributed by atoms with Gasteiger partial charge < -0.3 is 10.5 Å². The summed E-state index contributed by atoms with van der Waals surface area (Å²) in [6.45, 7) is 1.96. The maximum absolute atomic E-state index is 5.77. The zero-order valence-corrected chi connectivity index (χ0v) is 8.47. The quantitative estimate of drug-likeness (QED) is 0.758. The van der Waals surface area contributed by atoms with Gasteiger partial charge in [0.2, 0.25) is 5.88 Å². The number of rotatable bonds is 2. The summed E-state index contributed by atoms with van der Waals surface area (Å²) in [6.07, 6.45) is 1.69. The molecule has 0 unspecified atom stereocenters. The van der Waals surface area contributed by atoms with Crippen molar-refractivity contribution in [1.29, 1.82) is 0 Å². The topological polar surface area (TPSA) is 48.1 Å². The lowest BCUT2D eigenvalue weighted by molar-refractivity contribution is 0.463. The van der Waals surface area contributed by atoms with E-state index in [4.69, 9.17) is 10.5 Å². The SMILES string of the molecule is Cc1ccc(Oc2ccccn2)cc1N. The molecule has 0 atom stereocenters. The van der Waals surface area contributed by atoms with Crippen molar-refractivity contribution in [2.75, 3.05) is 5.73 Å². The van der Waals surface area contributed by atoms with E-state index in [9.17, 15) is 0 Å². The number of nitrogens with two attached hydrogens (primary N) is 1. The Morgan fingerprint density at radius 2 is 2.07 bits per heavy atom. The molecule has 3 nitrogen and oxygen atoms in total. The maximum Gasteiger partial charge on any atom is 0.219 e. The van der Waals surface area contributed by atoms with Crippen molar-refractivity contribution in [2.45, 2.75) is 6.92 Å². The molecule has 2 rings (SSSR count). The van der Waals surface area contributed by atoms with Crippen LogP contribution in [0.1, 0.15) is 5.56 Å². The third-order valence-corrected chi connectivity index (χ3v) is 2.11. The number of aromatic nitrogens is 1. The molecule has 0 fully saturated rings. The van der Waals surface area contributed by atoms with Crippen LogP contribution in [-0.4, -0.2) is 4.98 Å². The Morgan fingerprint density at radius 3 is 2.73 bits per heavy atom. The number of nitrogens with zero attached hydrogens (tertiary/aromatic N) is 1. The molecule has 76 valence electrons. The summed E-state index contributed by atoms with van der Waals surface area (Å²) in [5.41, 5.74) is 7.54. The Bertz CT molecular complexity index is 454. The van der Waals surface area contributed by atoms with Crippen LogP contribution in [0.5, 0.6) is 11.6 Å². The van der Waals surface area contributed by atoms with Crippen LogP contribution < -0.4 is 10.5 Å². The van der Waals surface area contributed by atoms with Crippen molar-refractivity contribution >= 4 is 5.69 Å². The smallest absolute Gasteiger partial charge is 0.219 e. The molecule has 0 amide bonds. The molecule has 2 aromatic rings. The molecule has 0 saturated carbocycles. The first-order valence-corrected chi connectivity index (χ1v) is 4.71. The normalized spacial score (nSPS) is 9.93. The second-order valence-corrected chi connectivity index (χ2v) is 3.29. The molecule has 1 aromatic heterocycles. The van der Waals surface area contributed by atoms with Crippen LogP contribution in [0.15, 0.2) is 42.6 Å². The van der Waals surface area contributed by atoms with Crippen LogP contribution in [0, 0.1) is 6.92 Å². The molecular formula is C12H12N2O. The third kappa shape index (κ3) is 2.26. The molecule has 0 saturated heterocycles. The van der Waals surface area contributed by atoms with E-state index >= 15 is 0 Å². The molecule has 2 N–H and O–H groups in total. The maximum atomic E-state index is 5.77. The molecule has 0 spiro atoms. The van der Waals surface area contributed by atoms with Gasteiger partial charge in [0.05, 0.1) is 0 Å². The summed E-state index contributed by atoms with van der Waals surface area (Å²) in [4.78, 5) is 4.06. The predicted octanol–water partition coefficient (Wildman–Crippen LogP) is 2.76. The van der Waals surface area contributed by atoms with Gasteiger partial charge in [-0.2, -0.15) is 0 Å². The van der Waals surface area contributed by atoms with E-state index in [0.717, 1.165) is 11.3 Å². The highest BCUT2D eigenvalue weighted by molar-refractivity contribution is 5.51. The minimum Gasteiger partial charge on any atom is -0.439 e. The lowest BCUT2D eigenvalue weighted by atomic mass is 10.2. The number of hydrogen-bond donors (Lipinski definition) is 1. The van der Waals surface area contributed by atoms with Gasteiger partial charge in [-0.25, -0.2) is 4.98 Å². The van der Waals surface area contributed by atoms with Crippen molar-refractivity contribution in [3.8, 4) is 11.6 Å². The minimum absolute atomic E-state index is 0.570. The Morgan fingerprint density at radius 1 is 1.20 bits per heavy atom. The second-order valence-electron chi connectivity index (χ2n) is 3.29. The van der Waals surface area contributed by atoms with E-state index in [1.54, 1.807) is 18.3 Å². The average Bonchev–Trinajstić information content (AvgIpc) is 2.25. The van der Waals surface area contributed by atoms with E-state index in [1.165, 1.54) is 0 Å². The van der Waals surface area contributed by atoms with Gasteiger partial charge in [0.1, 0.15) is 5.75 Å². The lowest BCUT2D eigenvalue weighted by Gasteiger charge is -2.06. The fraction of sp³-hybridized carbons (Fsp3) is 0.0833. The molecule has 15 heavy (non-hydrogen) atoms. The van der Waals surface area contributed by atoms with Crippen molar-refractivity contribution < 1.29 is 4.74 Å². The van der Waals surface area contributed by atoms with Gasteiger partial charge in [-0.15, -0.1) is 0 Å². The van der Waals surface area contributed by atoms with Crippen molar-refractivity contribution in [3.63, 3.8) is 0 Å². The highest BCUT2D eigenvalue weighted by atomic mass is 16.5. The first-order valence-electron chi connectivity index (χ1n) is 4.71. The van der Waals surface area contributed by atoms with Gasteiger partial charge in [0.15, 0.2) is 0 Å². The number of pyridine rings is 1. The number of anilines is 1. The molecule has 0 bridgehead atoms. The second kappa shape index (κ2) is 4.00. The van der Waals surface area contributed by atoms with Crippen molar-refractivity contribution in [1.82, 2.24) is 4.98 Å². The summed E-state index contributed by atoms with van der Waals surface area (Å²) in [5, 5.41) is 0. The Hall–Kier alpha value is -2.03. The highest BCUT2D eigenvalue weighted by Gasteiger charge is 1.99. The van der Waals surface area contributed by atoms with Crippen LogP contribution >= 0.6 is 0 Å². The molecule has 0 aliphatic carbocycles. The van der Waals surface area contributed by atoms with Gasteiger partial charge in [-0.05, 0) is 24.6 Å². The zero-order valence-electron chi connectivity index (χ0n) is 8.47. The summed E-state index contributed by atoms with van der Waals surface area (Å²) in [6, 6.07) is 11.1. The van der Waals surface area contributed by atoms with E-state index in [2.05, 4.69) is 4.98 Å². The highest BCUT2D eigenvalue weighted by Crippen LogP contribution is 2.23. The van der Waals surface area contributed by atoms with Gasteiger partial charge in [0, 0.05) is 24.0 Å². The van der Waals surface area contributed by atoms with E-state index < -0.39 is 0 Å². The molecule has 0 aliphatic heterocycles. The largest absolute Gasteiger partial charge is 0.439 e. The van der Waals surface area contributed by atoms with Gasteiger partial charge in [-0.1, -0.05) is 12.1 Å². The monoisotopic (exact) mass is 200 g/mol. The van der Waals surface area contributed by atoms with Crippen LogP contribution in [0.25, 0.3) is 0 Å². The molecule has 1 heterocycles. The Kier molecular flexibility index (Phi) is 2.54. The first kappa shape index (κ1) is 9.52. The summed E-state index contributed by atoms with van der Waals surface area (Å²) >= 11 is 0. The fourth-order valence-corrected chi connectivity index (χ4v) is 1.21. The van der Waals surface area contributed by atoms with E-state index in [1.807, 2.05) is 31.2 Å². The summed E-state index contributed by atoms with van der Waals surface area (Å²) < 4.78 is 5.52. The molecular weight excluding hydrogens is 188 g/mol. The van der Waals surface area contributed by atoms with E-state index in [-0.39, 0.29) is 0 Å². The predicted molar refractivity (Wildman–Crippen MR) is 59.9 cm³/mol. The standard InChI is InChI=1S/C12H12N2O/c1-9-5-6-10(8-11(9)13)15-12-4-2-3-7-14-12/h2-8H,13H2,1H3. The minimum atomic E-state index is 0.570. The first-order chi connectivity index (χ1) is 7.25. The summed E-state index contributed by atoms with van der Waals surface area (Å²) in [7, 11) is 0. The average molecular weight is 200 g/mol. The summed E-state index contributed by atoms with van der Waals surface area (Å²) in [5.74, 6) is 1.28. The molecule has 0 aliphatic rings. The van der Waals surface area contributed by atoms with Crippen LogP contribution in [0.3, 0.4) is 0 Å². The third-order valence-electron chi connectivity index (χ3n) is 2.11. The van der Waals surface area contributed by atoms with Gasteiger partial charge in [-0.3, -0.25) is 0 Å². The van der Waals surface area contributed by atoms with Gasteiger partial charge in [0.25, 0.3) is 0 Å². The van der Waals surface area contributed by atoms with Crippen LogP contribution in [0.2, 0.25) is 0 Å². The Labute approximate surface area is 88.5 Å². The molecule has 0 radical (unpaired) electrons. The number of hydrogen-bond acceptors (Lipinski definition) is 3. The fourth-order valence-electron chi connectivity index (χ4n) is 1.21. The van der Waals surface area contributed by atoms with Crippen LogP contribution in [0.4, 0.5) is 5.69 Å². The van der Waals surface area contributed by atoms with Crippen molar-refractivity contribution in [2.24, 2.45) is 0 Å². The van der Waals surface area contributed by atoms with Gasteiger partial charge >= 0.3 is 0 Å². The molecule has 1 aromatic carbocycles. The molecule has 3 heteroatoms. The van der Waals surface area contributed by atoms with Crippen LogP contribution in [-0.2, 0) is 0 Å². The Balaban J connectivity index is 2.22. The lowest BCUT2D eigenvalue weighted by Crippen LogP contribution is -1.91. The number of benzene rings is 1. The number of aryl methyl sites for hydroxylation is 1.